The third kappa shape index (κ3) is 3.09. The second-order valence-electron chi connectivity index (χ2n) is 8.69. The third-order valence-electron chi connectivity index (χ3n) is 7.00. The molecule has 5 atom stereocenters. The highest BCUT2D eigenvalue weighted by Crippen LogP contribution is 2.56. The van der Waals surface area contributed by atoms with Crippen LogP contribution in [-0.4, -0.2) is 29.7 Å². The van der Waals surface area contributed by atoms with E-state index >= 15 is 0 Å². The molecule has 3 fully saturated rings. The highest BCUT2D eigenvalue weighted by atomic mass is 16.5. The lowest BCUT2D eigenvalue weighted by atomic mass is 9.81. The Kier molecular flexibility index (Phi) is 4.73. The fourth-order valence-electron chi connectivity index (χ4n) is 5.60. The summed E-state index contributed by atoms with van der Waals surface area (Å²) in [6, 6.07) is 15.1. The van der Waals surface area contributed by atoms with Gasteiger partial charge in [-0.2, -0.15) is 0 Å². The molecule has 0 radical (unpaired) electrons. The minimum absolute atomic E-state index is 0.115. The van der Waals surface area contributed by atoms with Crippen molar-refractivity contribution >= 4 is 29.3 Å². The van der Waals surface area contributed by atoms with Gasteiger partial charge < -0.3 is 4.74 Å². The van der Waals surface area contributed by atoms with Crippen molar-refractivity contribution in [1.82, 2.24) is 0 Å². The van der Waals surface area contributed by atoms with E-state index in [2.05, 4.69) is 0 Å². The van der Waals surface area contributed by atoms with E-state index in [4.69, 9.17) is 4.74 Å². The second kappa shape index (κ2) is 7.45. The van der Waals surface area contributed by atoms with Crippen molar-refractivity contribution < 1.29 is 23.9 Å². The zero-order valence-corrected chi connectivity index (χ0v) is 17.2. The van der Waals surface area contributed by atoms with Crippen LogP contribution >= 0.6 is 0 Å². The zero-order valence-electron chi connectivity index (χ0n) is 17.2. The number of anilines is 1. The molecule has 1 heterocycles. The molecule has 31 heavy (non-hydrogen) atoms. The van der Waals surface area contributed by atoms with Gasteiger partial charge in [-0.15, -0.1) is 0 Å². The van der Waals surface area contributed by atoms with E-state index in [-0.39, 0.29) is 52.5 Å². The highest BCUT2D eigenvalue weighted by Gasteiger charge is 2.61. The Labute approximate surface area is 180 Å². The number of nitrogens with zero attached hydrogens (tertiary/aromatic N) is 1. The number of hydrogen-bond acceptors (Lipinski definition) is 5. The first-order valence-corrected chi connectivity index (χ1v) is 10.7. The Morgan fingerprint density at radius 3 is 2.13 bits per heavy atom. The summed E-state index contributed by atoms with van der Waals surface area (Å²) in [6.45, 7) is 1.52. The number of fused-ring (bicyclic) bond motifs is 5. The van der Waals surface area contributed by atoms with Crippen LogP contribution in [0.2, 0.25) is 0 Å². The first-order valence-electron chi connectivity index (χ1n) is 10.7. The topological polar surface area (TPSA) is 80.8 Å². The number of ether oxygens (including phenoxy) is 1. The first-order chi connectivity index (χ1) is 15.0. The predicted octanol–water partition coefficient (Wildman–Crippen LogP) is 3.65. The van der Waals surface area contributed by atoms with E-state index in [1.54, 1.807) is 48.5 Å². The van der Waals surface area contributed by atoms with Gasteiger partial charge in [-0.3, -0.25) is 14.4 Å². The van der Waals surface area contributed by atoms with E-state index in [0.29, 0.717) is 5.56 Å². The van der Waals surface area contributed by atoms with E-state index in [9.17, 15) is 19.2 Å². The van der Waals surface area contributed by atoms with Crippen LogP contribution in [0.15, 0.2) is 54.6 Å². The number of Topliss-reactive ketones (excluding diaryl/α,β-unsaturated/α-hetero) is 1. The van der Waals surface area contributed by atoms with E-state index in [0.717, 1.165) is 19.3 Å². The van der Waals surface area contributed by atoms with Crippen LogP contribution in [0.5, 0.6) is 0 Å². The molecule has 2 aromatic carbocycles. The third-order valence-corrected chi connectivity index (χ3v) is 7.00. The molecule has 2 saturated carbocycles. The summed E-state index contributed by atoms with van der Waals surface area (Å²) < 4.78 is 5.43. The predicted molar refractivity (Wildman–Crippen MR) is 112 cm³/mol. The number of carbonyl (C=O) groups is 4. The second-order valence-corrected chi connectivity index (χ2v) is 8.69. The maximum absolute atomic E-state index is 13.2. The van der Waals surface area contributed by atoms with Crippen molar-refractivity contribution in [2.75, 3.05) is 4.90 Å². The molecular weight excluding hydrogens is 394 g/mol. The van der Waals surface area contributed by atoms with Crippen molar-refractivity contribution in [3.05, 3.63) is 65.7 Å². The largest absolute Gasteiger partial charge is 0.451 e. The van der Waals surface area contributed by atoms with E-state index < -0.39 is 12.1 Å². The lowest BCUT2D eigenvalue weighted by Crippen LogP contribution is -2.34. The number of ketones is 1. The Hall–Kier alpha value is -3.28. The Morgan fingerprint density at radius 2 is 1.48 bits per heavy atom. The number of carbonyl (C=O) groups excluding carboxylic acids is 4. The first kappa shape index (κ1) is 19.7. The number of esters is 1. The fraction of sp³-hybridized carbons (Fsp3) is 0.360. The standard InChI is InChI=1S/C25H23NO5/c1-14(22(27)15-7-3-2-4-8-15)31-25(30)18-9-5-6-10-19(18)26-23(28)20-16-11-12-17(13-16)21(20)24(26)29/h2-10,14,16-17,20-21H,11-13H2,1H3/t14-,16-,17-,20-,21+/m0/s1. The van der Waals surface area contributed by atoms with Gasteiger partial charge in [0.15, 0.2) is 6.10 Å². The summed E-state index contributed by atoms with van der Waals surface area (Å²) in [6.07, 6.45) is 1.93. The molecule has 3 aliphatic rings. The number of amides is 2. The van der Waals surface area contributed by atoms with Crippen LogP contribution < -0.4 is 4.90 Å². The number of imide groups is 1. The Bertz CT molecular complexity index is 1050. The van der Waals surface area contributed by atoms with Crippen LogP contribution in [0.1, 0.15) is 46.9 Å². The molecule has 2 amide bonds. The van der Waals surface area contributed by atoms with Gasteiger partial charge in [0.25, 0.3) is 0 Å². The van der Waals surface area contributed by atoms with Crippen molar-refractivity contribution in [2.45, 2.75) is 32.3 Å². The van der Waals surface area contributed by atoms with Crippen LogP contribution in [0, 0.1) is 23.7 Å². The maximum Gasteiger partial charge on any atom is 0.340 e. The molecule has 6 nitrogen and oxygen atoms in total. The summed E-state index contributed by atoms with van der Waals surface area (Å²) in [5.41, 5.74) is 0.809. The zero-order chi connectivity index (χ0) is 21.7. The molecule has 0 N–H and O–H groups in total. The van der Waals surface area contributed by atoms with Crippen molar-refractivity contribution in [3.63, 3.8) is 0 Å². The van der Waals surface area contributed by atoms with Gasteiger partial charge in [-0.1, -0.05) is 42.5 Å². The van der Waals surface area contributed by atoms with Gasteiger partial charge in [-0.25, -0.2) is 9.69 Å². The molecule has 158 valence electrons. The molecule has 2 bridgehead atoms. The molecule has 6 heteroatoms. The van der Waals surface area contributed by atoms with Gasteiger partial charge in [-0.05, 0) is 50.2 Å². The average molecular weight is 417 g/mol. The summed E-state index contributed by atoms with van der Waals surface area (Å²) in [4.78, 5) is 53.1. The maximum atomic E-state index is 13.2. The van der Waals surface area contributed by atoms with Gasteiger partial charge in [0.05, 0.1) is 23.1 Å². The van der Waals surface area contributed by atoms with Crippen molar-refractivity contribution in [3.8, 4) is 0 Å². The lowest BCUT2D eigenvalue weighted by molar-refractivity contribution is -0.123. The number of benzene rings is 2. The van der Waals surface area contributed by atoms with Gasteiger partial charge in [0, 0.05) is 5.56 Å². The SMILES string of the molecule is C[C@H](OC(=O)c1ccccc1N1C(=O)[C@@H]2[C@H]3CC[C@@H](C3)[C@@H]2C1=O)C(=O)c1ccccc1. The normalized spacial score (nSPS) is 27.3. The van der Waals surface area contributed by atoms with Gasteiger partial charge in [0.2, 0.25) is 17.6 Å². The number of para-hydroxylation sites is 1. The smallest absolute Gasteiger partial charge is 0.340 e. The molecule has 0 aromatic heterocycles. The molecular formula is C25H23NO5. The van der Waals surface area contributed by atoms with Crippen LogP contribution in [0.25, 0.3) is 0 Å². The molecule has 1 aliphatic heterocycles. The molecule has 0 spiro atoms. The minimum atomic E-state index is -0.997. The quantitative estimate of drug-likeness (QED) is 0.421. The summed E-state index contributed by atoms with van der Waals surface area (Å²) >= 11 is 0. The summed E-state index contributed by atoms with van der Waals surface area (Å²) in [5.74, 6) is -1.48. The van der Waals surface area contributed by atoms with E-state index in [1.165, 1.54) is 17.9 Å². The molecule has 0 unspecified atom stereocenters. The van der Waals surface area contributed by atoms with Crippen molar-refractivity contribution in [1.29, 1.82) is 0 Å². The van der Waals surface area contributed by atoms with E-state index in [1.807, 2.05) is 0 Å². The monoisotopic (exact) mass is 417 g/mol. The van der Waals surface area contributed by atoms with Crippen molar-refractivity contribution in [2.24, 2.45) is 23.7 Å². The van der Waals surface area contributed by atoms with Gasteiger partial charge >= 0.3 is 5.97 Å². The minimum Gasteiger partial charge on any atom is -0.451 e. The highest BCUT2D eigenvalue weighted by molar-refractivity contribution is 6.24. The average Bonchev–Trinajstić information content (AvgIpc) is 3.47. The lowest BCUT2D eigenvalue weighted by Gasteiger charge is -2.20. The molecule has 2 aliphatic carbocycles. The summed E-state index contributed by atoms with van der Waals surface area (Å²) in [7, 11) is 0. The fourth-order valence-corrected chi connectivity index (χ4v) is 5.60. The molecule has 1 saturated heterocycles. The number of rotatable bonds is 5. The van der Waals surface area contributed by atoms with Crippen LogP contribution in [0.3, 0.4) is 0 Å². The Balaban J connectivity index is 1.40. The van der Waals surface area contributed by atoms with Crippen LogP contribution in [0.4, 0.5) is 5.69 Å². The number of hydrogen-bond donors (Lipinski definition) is 0. The Morgan fingerprint density at radius 1 is 0.903 bits per heavy atom. The van der Waals surface area contributed by atoms with Crippen LogP contribution in [-0.2, 0) is 14.3 Å². The van der Waals surface area contributed by atoms with Gasteiger partial charge in [0.1, 0.15) is 0 Å². The molecule has 2 aromatic rings. The molecule has 5 rings (SSSR count). The summed E-state index contributed by atoms with van der Waals surface area (Å²) in [5, 5.41) is 0.